The summed E-state index contributed by atoms with van der Waals surface area (Å²) in [4.78, 5) is 2.71. The van der Waals surface area contributed by atoms with Crippen LogP contribution in [0, 0.1) is 11.3 Å². The van der Waals surface area contributed by atoms with Gasteiger partial charge in [0.25, 0.3) is 0 Å². The fourth-order valence-corrected chi connectivity index (χ4v) is 2.97. The Labute approximate surface area is 82.5 Å². The highest BCUT2D eigenvalue weighted by Gasteiger charge is 2.40. The Morgan fingerprint density at radius 3 is 2.46 bits per heavy atom. The van der Waals surface area contributed by atoms with Crippen LogP contribution in [-0.4, -0.2) is 24.0 Å². The lowest BCUT2D eigenvalue weighted by Gasteiger charge is -2.53. The van der Waals surface area contributed by atoms with Crippen LogP contribution in [0.3, 0.4) is 0 Å². The lowest BCUT2D eigenvalue weighted by Crippen LogP contribution is -2.59. The first-order chi connectivity index (χ1) is 6.06. The van der Waals surface area contributed by atoms with Crippen molar-refractivity contribution in [3.05, 3.63) is 0 Å². The van der Waals surface area contributed by atoms with Crippen molar-refractivity contribution in [2.45, 2.75) is 52.5 Å². The van der Waals surface area contributed by atoms with Crippen LogP contribution in [0.15, 0.2) is 0 Å². The molecule has 2 fully saturated rings. The van der Waals surface area contributed by atoms with Gasteiger partial charge >= 0.3 is 0 Å². The molecule has 1 aliphatic heterocycles. The molecule has 0 amide bonds. The molecule has 0 N–H and O–H groups in total. The molecule has 2 rings (SSSR count). The van der Waals surface area contributed by atoms with Crippen molar-refractivity contribution >= 4 is 0 Å². The van der Waals surface area contributed by atoms with Crippen molar-refractivity contribution in [2.24, 2.45) is 11.3 Å². The summed E-state index contributed by atoms with van der Waals surface area (Å²) in [5.74, 6) is 1.07. The molecule has 0 radical (unpaired) electrons. The van der Waals surface area contributed by atoms with E-state index in [0.29, 0.717) is 5.41 Å². The summed E-state index contributed by atoms with van der Waals surface area (Å²) in [6, 6.07) is 0.966. The van der Waals surface area contributed by atoms with E-state index in [2.05, 4.69) is 25.7 Å². The molecule has 13 heavy (non-hydrogen) atoms. The molecule has 1 heterocycles. The van der Waals surface area contributed by atoms with Crippen LogP contribution in [0.4, 0.5) is 0 Å². The van der Waals surface area contributed by atoms with Crippen molar-refractivity contribution in [3.63, 3.8) is 0 Å². The Morgan fingerprint density at radius 2 is 1.85 bits per heavy atom. The first kappa shape index (κ1) is 9.51. The first-order valence-electron chi connectivity index (χ1n) is 5.80. The average molecular weight is 181 g/mol. The molecule has 0 bridgehead atoms. The summed E-state index contributed by atoms with van der Waals surface area (Å²) in [5.41, 5.74) is 0.489. The van der Waals surface area contributed by atoms with Crippen LogP contribution in [0.1, 0.15) is 46.5 Å². The van der Waals surface area contributed by atoms with E-state index in [0.717, 1.165) is 12.0 Å². The molecule has 1 saturated heterocycles. The molecule has 1 heteroatoms. The van der Waals surface area contributed by atoms with E-state index in [9.17, 15) is 0 Å². The lowest BCUT2D eigenvalue weighted by atomic mass is 9.75. The van der Waals surface area contributed by atoms with Gasteiger partial charge in [0.2, 0.25) is 0 Å². The molecule has 76 valence electrons. The topological polar surface area (TPSA) is 3.24 Å². The molecule has 2 aliphatic rings. The number of nitrogens with zero attached hydrogens (tertiary/aromatic N) is 1. The third kappa shape index (κ3) is 2.07. The van der Waals surface area contributed by atoms with Gasteiger partial charge in [0.1, 0.15) is 0 Å². The zero-order valence-electron chi connectivity index (χ0n) is 9.34. The normalized spacial score (nSPS) is 35.3. The molecule has 0 aromatic rings. The molecule has 0 aromatic heterocycles. The monoisotopic (exact) mass is 181 g/mol. The predicted molar refractivity (Wildman–Crippen MR) is 56.8 cm³/mol. The van der Waals surface area contributed by atoms with Gasteiger partial charge in [-0.2, -0.15) is 0 Å². The van der Waals surface area contributed by atoms with E-state index in [1.54, 1.807) is 0 Å². The molecular weight excluding hydrogens is 158 g/mol. The quantitative estimate of drug-likeness (QED) is 0.601. The van der Waals surface area contributed by atoms with Gasteiger partial charge in [0.05, 0.1) is 0 Å². The number of likely N-dealkylation sites (tertiary alicyclic amines) is 1. The molecular formula is C12H23N. The zero-order valence-corrected chi connectivity index (χ0v) is 9.34. The summed E-state index contributed by atoms with van der Waals surface area (Å²) in [5, 5.41) is 0. The molecule has 0 spiro atoms. The number of fused-ring (bicyclic) bond motifs is 1. The second kappa shape index (κ2) is 3.27. The standard InChI is InChI=1S/C12H23N/c1-12(2,3)9-13-8-10-6-4-5-7-11(10)13/h10-11H,4-9H2,1-3H3/t10-,11-/m1/s1. The molecule has 1 nitrogen and oxygen atoms in total. The van der Waals surface area contributed by atoms with Crippen LogP contribution >= 0.6 is 0 Å². The zero-order chi connectivity index (χ0) is 9.47. The van der Waals surface area contributed by atoms with Crippen LogP contribution in [0.5, 0.6) is 0 Å². The summed E-state index contributed by atoms with van der Waals surface area (Å²) < 4.78 is 0. The summed E-state index contributed by atoms with van der Waals surface area (Å²) in [7, 11) is 0. The van der Waals surface area contributed by atoms with Crippen molar-refractivity contribution < 1.29 is 0 Å². The van der Waals surface area contributed by atoms with E-state index in [1.165, 1.54) is 38.8 Å². The van der Waals surface area contributed by atoms with Gasteiger partial charge < -0.3 is 0 Å². The minimum atomic E-state index is 0.489. The minimum absolute atomic E-state index is 0.489. The van der Waals surface area contributed by atoms with Crippen LogP contribution < -0.4 is 0 Å². The van der Waals surface area contributed by atoms with E-state index >= 15 is 0 Å². The Hall–Kier alpha value is -0.0400. The average Bonchev–Trinajstić information content (AvgIpc) is 1.99. The fraction of sp³-hybridized carbons (Fsp3) is 1.00. The van der Waals surface area contributed by atoms with Crippen molar-refractivity contribution in [3.8, 4) is 0 Å². The van der Waals surface area contributed by atoms with Gasteiger partial charge in [-0.25, -0.2) is 0 Å². The SMILES string of the molecule is CC(C)(C)CN1C[C@H]2CCCC[C@H]21. The third-order valence-corrected chi connectivity index (χ3v) is 3.48. The number of hydrogen-bond acceptors (Lipinski definition) is 1. The lowest BCUT2D eigenvalue weighted by molar-refractivity contribution is -0.0343. The summed E-state index contributed by atoms with van der Waals surface area (Å²) in [6.07, 6.45) is 5.94. The maximum Gasteiger partial charge on any atom is 0.0136 e. The van der Waals surface area contributed by atoms with Crippen LogP contribution in [0.25, 0.3) is 0 Å². The second-order valence-corrected chi connectivity index (χ2v) is 6.10. The third-order valence-electron chi connectivity index (χ3n) is 3.48. The smallest absolute Gasteiger partial charge is 0.0136 e. The van der Waals surface area contributed by atoms with Gasteiger partial charge in [0, 0.05) is 19.1 Å². The molecule has 1 aliphatic carbocycles. The Morgan fingerprint density at radius 1 is 1.15 bits per heavy atom. The second-order valence-electron chi connectivity index (χ2n) is 6.10. The predicted octanol–water partition coefficient (Wildman–Crippen LogP) is 2.91. The van der Waals surface area contributed by atoms with E-state index < -0.39 is 0 Å². The van der Waals surface area contributed by atoms with Gasteiger partial charge in [-0.15, -0.1) is 0 Å². The maximum absolute atomic E-state index is 2.71. The molecule has 0 aromatic carbocycles. The van der Waals surface area contributed by atoms with Crippen LogP contribution in [-0.2, 0) is 0 Å². The highest BCUT2D eigenvalue weighted by atomic mass is 15.2. The highest BCUT2D eigenvalue weighted by molar-refractivity contribution is 4.95. The van der Waals surface area contributed by atoms with Gasteiger partial charge in [0.15, 0.2) is 0 Å². The maximum atomic E-state index is 2.71. The Bertz CT molecular complexity index is 180. The summed E-state index contributed by atoms with van der Waals surface area (Å²) >= 11 is 0. The molecule has 0 unspecified atom stereocenters. The Balaban J connectivity index is 1.84. The fourth-order valence-electron chi connectivity index (χ4n) is 2.97. The number of rotatable bonds is 1. The van der Waals surface area contributed by atoms with Crippen molar-refractivity contribution in [1.82, 2.24) is 4.90 Å². The van der Waals surface area contributed by atoms with E-state index in [4.69, 9.17) is 0 Å². The highest BCUT2D eigenvalue weighted by Crippen LogP contribution is 2.38. The van der Waals surface area contributed by atoms with Gasteiger partial charge in [-0.05, 0) is 24.2 Å². The Kier molecular flexibility index (Phi) is 2.39. The first-order valence-corrected chi connectivity index (χ1v) is 5.80. The van der Waals surface area contributed by atoms with Crippen molar-refractivity contribution in [1.29, 1.82) is 0 Å². The van der Waals surface area contributed by atoms with Gasteiger partial charge in [-0.3, -0.25) is 4.90 Å². The van der Waals surface area contributed by atoms with E-state index in [1.807, 2.05) is 0 Å². The van der Waals surface area contributed by atoms with E-state index in [-0.39, 0.29) is 0 Å². The largest absolute Gasteiger partial charge is 0.299 e. The van der Waals surface area contributed by atoms with Gasteiger partial charge in [-0.1, -0.05) is 33.6 Å². The number of hydrogen-bond donors (Lipinski definition) is 0. The van der Waals surface area contributed by atoms with Crippen LogP contribution in [0.2, 0.25) is 0 Å². The van der Waals surface area contributed by atoms with Crippen molar-refractivity contribution in [2.75, 3.05) is 13.1 Å². The summed E-state index contributed by atoms with van der Waals surface area (Å²) in [6.45, 7) is 9.74. The molecule has 1 saturated carbocycles. The minimum Gasteiger partial charge on any atom is -0.299 e. The molecule has 2 atom stereocenters.